The van der Waals surface area contributed by atoms with Crippen molar-refractivity contribution in [1.82, 2.24) is 10.2 Å². The van der Waals surface area contributed by atoms with E-state index in [4.69, 9.17) is 0 Å². The van der Waals surface area contributed by atoms with Gasteiger partial charge >= 0.3 is 18.0 Å². The Kier molecular flexibility index (Phi) is 16.7. The monoisotopic (exact) mass is 540 g/mol. The number of aliphatic carboxylic acids is 2. The second-order valence-electron chi connectivity index (χ2n) is 11.5. The quantitative estimate of drug-likeness (QED) is 0.123. The molecule has 1 saturated heterocycles. The maximum atomic E-state index is 12.4. The number of carbonyl (C=O) groups is 3. The van der Waals surface area contributed by atoms with Gasteiger partial charge in [0.1, 0.15) is 12.1 Å². The summed E-state index contributed by atoms with van der Waals surface area (Å²) in [5.41, 5.74) is 1.32. The number of hydrogen-bond donors (Lipinski definition) is 3. The first kappa shape index (κ1) is 33.3. The van der Waals surface area contributed by atoms with Crippen LogP contribution in [-0.4, -0.2) is 63.2 Å². The van der Waals surface area contributed by atoms with Gasteiger partial charge in [0.15, 0.2) is 0 Å². The first-order valence-electron chi connectivity index (χ1n) is 14.3. The van der Waals surface area contributed by atoms with Crippen LogP contribution in [-0.2, 0) is 9.59 Å². The molecule has 2 amide bonds. The molecule has 1 aliphatic heterocycles. The van der Waals surface area contributed by atoms with E-state index < -0.39 is 30.1 Å². The number of nitrogens with zero attached hydrogens (tertiary/aromatic N) is 1. The van der Waals surface area contributed by atoms with Crippen molar-refractivity contribution in [3.8, 4) is 0 Å². The summed E-state index contributed by atoms with van der Waals surface area (Å²) in [7, 11) is 0. The van der Waals surface area contributed by atoms with Crippen LogP contribution in [0.2, 0.25) is 0 Å². The highest BCUT2D eigenvalue weighted by atomic mass is 32.2. The predicted octanol–water partition coefficient (Wildman–Crippen LogP) is 6.82. The Bertz CT molecular complexity index is 727. The zero-order valence-electron chi connectivity index (χ0n) is 23.8. The van der Waals surface area contributed by atoms with E-state index >= 15 is 0 Å². The Morgan fingerprint density at radius 3 is 2.14 bits per heavy atom. The third-order valence-corrected chi connectivity index (χ3v) is 8.34. The Balaban J connectivity index is 2.23. The second kappa shape index (κ2) is 18.5. The van der Waals surface area contributed by atoms with E-state index in [2.05, 4.69) is 46.0 Å². The van der Waals surface area contributed by atoms with E-state index in [1.165, 1.54) is 73.6 Å². The lowest BCUT2D eigenvalue weighted by atomic mass is 9.91. The highest BCUT2D eigenvalue weighted by Crippen LogP contribution is 2.22. The second-order valence-corrected chi connectivity index (χ2v) is 12.6. The standard InChI is InChI=1S/C29H52N2O5S/c1-21(2)10-6-11-22(3)12-7-13-23(4)14-8-15-24(5)17-19-37-20-25(27(32)33)30-29(36)31-18-9-16-26(31)28(34)35/h17,21-23,25-26H,6-16,18-20H2,1-5H3,(H,30,36)(H,32,33)(H,34,35)/b24-17+/t22?,23?,25?,26-/m0/s1. The molecule has 7 nitrogen and oxygen atoms in total. The molecule has 1 heterocycles. The minimum Gasteiger partial charge on any atom is -0.480 e. The van der Waals surface area contributed by atoms with Crippen molar-refractivity contribution in [3.05, 3.63) is 11.6 Å². The van der Waals surface area contributed by atoms with Gasteiger partial charge in [0.25, 0.3) is 0 Å². The van der Waals surface area contributed by atoms with E-state index in [9.17, 15) is 24.6 Å². The molecule has 214 valence electrons. The number of allylic oxidation sites excluding steroid dienone is 1. The van der Waals surface area contributed by atoms with Crippen molar-refractivity contribution in [2.75, 3.05) is 18.1 Å². The number of hydrogen-bond acceptors (Lipinski definition) is 4. The molecule has 8 heteroatoms. The zero-order chi connectivity index (χ0) is 27.8. The molecule has 0 saturated carbocycles. The van der Waals surface area contributed by atoms with Crippen LogP contribution in [0.3, 0.4) is 0 Å². The van der Waals surface area contributed by atoms with Crippen LogP contribution >= 0.6 is 11.8 Å². The number of carbonyl (C=O) groups excluding carboxylic acids is 1. The first-order chi connectivity index (χ1) is 17.5. The van der Waals surface area contributed by atoms with Gasteiger partial charge in [-0.2, -0.15) is 11.8 Å². The van der Waals surface area contributed by atoms with E-state index in [0.717, 1.165) is 24.2 Å². The summed E-state index contributed by atoms with van der Waals surface area (Å²) in [6, 6.07) is -2.53. The summed E-state index contributed by atoms with van der Waals surface area (Å²) in [4.78, 5) is 36.5. The van der Waals surface area contributed by atoms with E-state index in [0.29, 0.717) is 25.1 Å². The highest BCUT2D eigenvalue weighted by Gasteiger charge is 2.35. The fourth-order valence-corrected chi connectivity index (χ4v) is 5.87. The number of carboxylic acid groups (broad SMARTS) is 2. The minimum absolute atomic E-state index is 0.239. The molecule has 3 unspecified atom stereocenters. The minimum atomic E-state index is -1.11. The van der Waals surface area contributed by atoms with Crippen LogP contribution in [0.15, 0.2) is 11.6 Å². The van der Waals surface area contributed by atoms with Crippen LogP contribution in [0.25, 0.3) is 0 Å². The normalized spacial score (nSPS) is 18.6. The first-order valence-corrected chi connectivity index (χ1v) is 15.4. The Morgan fingerprint density at radius 2 is 1.57 bits per heavy atom. The molecule has 1 aliphatic rings. The summed E-state index contributed by atoms with van der Waals surface area (Å²) in [6.07, 6.45) is 14.7. The van der Waals surface area contributed by atoms with Gasteiger partial charge in [0, 0.05) is 18.1 Å². The smallest absolute Gasteiger partial charge is 0.327 e. The lowest BCUT2D eigenvalue weighted by Crippen LogP contribution is -2.52. The van der Waals surface area contributed by atoms with Crippen LogP contribution in [0.1, 0.15) is 105 Å². The van der Waals surface area contributed by atoms with Gasteiger partial charge in [-0.3, -0.25) is 0 Å². The molecule has 0 radical (unpaired) electrons. The molecule has 0 aromatic rings. The number of likely N-dealkylation sites (tertiary alicyclic amines) is 1. The molecule has 3 N–H and O–H groups in total. The maximum Gasteiger partial charge on any atom is 0.327 e. The molecular formula is C29H52N2O5S. The van der Waals surface area contributed by atoms with Gasteiger partial charge in [-0.15, -0.1) is 0 Å². The molecule has 0 spiro atoms. The number of carboxylic acids is 2. The SMILES string of the molecule is C/C(=C\CSCC(NC(=O)N1CCC[C@H]1C(=O)O)C(=O)O)CCCC(C)CCCC(C)CCCC(C)C. The van der Waals surface area contributed by atoms with Gasteiger partial charge in [-0.25, -0.2) is 14.4 Å². The number of urea groups is 1. The molecule has 0 aromatic carbocycles. The van der Waals surface area contributed by atoms with Crippen LogP contribution in [0.4, 0.5) is 4.79 Å². The average molecular weight is 541 g/mol. The van der Waals surface area contributed by atoms with Crippen molar-refractivity contribution >= 4 is 29.7 Å². The molecule has 1 rings (SSSR count). The van der Waals surface area contributed by atoms with E-state index in [1.54, 1.807) is 0 Å². The molecule has 0 aromatic heterocycles. The number of amides is 2. The Hall–Kier alpha value is -1.70. The third kappa shape index (κ3) is 14.7. The maximum absolute atomic E-state index is 12.4. The van der Waals surface area contributed by atoms with Crippen molar-refractivity contribution < 1.29 is 24.6 Å². The number of rotatable bonds is 19. The molecule has 4 atom stereocenters. The molecular weight excluding hydrogens is 488 g/mol. The summed E-state index contributed by atoms with van der Waals surface area (Å²) < 4.78 is 0. The van der Waals surface area contributed by atoms with Gasteiger partial charge < -0.3 is 20.4 Å². The molecule has 37 heavy (non-hydrogen) atoms. The van der Waals surface area contributed by atoms with Crippen LogP contribution in [0.5, 0.6) is 0 Å². The fourth-order valence-electron chi connectivity index (χ4n) is 4.87. The van der Waals surface area contributed by atoms with Crippen LogP contribution in [0, 0.1) is 17.8 Å². The third-order valence-electron chi connectivity index (χ3n) is 7.37. The summed E-state index contributed by atoms with van der Waals surface area (Å²) in [6.45, 7) is 11.8. The lowest BCUT2D eigenvalue weighted by molar-refractivity contribution is -0.141. The van der Waals surface area contributed by atoms with Gasteiger partial charge in [0.05, 0.1) is 0 Å². The summed E-state index contributed by atoms with van der Waals surface area (Å²) in [5, 5.41) is 21.2. The molecule has 0 bridgehead atoms. The van der Waals surface area contributed by atoms with Crippen molar-refractivity contribution in [2.24, 2.45) is 17.8 Å². The van der Waals surface area contributed by atoms with Crippen molar-refractivity contribution in [1.29, 1.82) is 0 Å². The highest BCUT2D eigenvalue weighted by molar-refractivity contribution is 7.99. The van der Waals surface area contributed by atoms with Crippen LogP contribution < -0.4 is 5.32 Å². The van der Waals surface area contributed by atoms with Crippen molar-refractivity contribution in [2.45, 2.75) is 117 Å². The fraction of sp³-hybridized carbons (Fsp3) is 0.828. The molecule has 1 fully saturated rings. The van der Waals surface area contributed by atoms with Gasteiger partial charge in [-0.05, 0) is 50.4 Å². The Morgan fingerprint density at radius 1 is 0.973 bits per heavy atom. The van der Waals surface area contributed by atoms with Gasteiger partial charge in [0.2, 0.25) is 0 Å². The Labute approximate surface area is 229 Å². The molecule has 0 aliphatic carbocycles. The van der Waals surface area contributed by atoms with E-state index in [-0.39, 0.29) is 5.75 Å². The van der Waals surface area contributed by atoms with E-state index in [1.807, 2.05) is 0 Å². The predicted molar refractivity (Wildman–Crippen MR) is 153 cm³/mol. The van der Waals surface area contributed by atoms with Gasteiger partial charge in [-0.1, -0.05) is 84.3 Å². The number of nitrogens with one attached hydrogen (secondary N) is 1. The summed E-state index contributed by atoms with van der Waals surface area (Å²) in [5.74, 6) is 1.18. The summed E-state index contributed by atoms with van der Waals surface area (Å²) >= 11 is 1.46. The zero-order valence-corrected chi connectivity index (χ0v) is 24.7. The average Bonchev–Trinajstić information content (AvgIpc) is 3.31. The van der Waals surface area contributed by atoms with Crippen molar-refractivity contribution in [3.63, 3.8) is 0 Å². The largest absolute Gasteiger partial charge is 0.480 e. The lowest BCUT2D eigenvalue weighted by Gasteiger charge is -2.24. The topological polar surface area (TPSA) is 107 Å². The number of thioether (sulfide) groups is 1.